The summed E-state index contributed by atoms with van der Waals surface area (Å²) in [5, 5.41) is 6.95. The number of carbonyl (C=O) groups excluding carboxylic acids is 1. The van der Waals surface area contributed by atoms with Crippen molar-refractivity contribution in [3.63, 3.8) is 0 Å². The quantitative estimate of drug-likeness (QED) is 0.650. The number of nitrogens with one attached hydrogen (secondary N) is 2. The monoisotopic (exact) mass is 412 g/mol. The van der Waals surface area contributed by atoms with E-state index in [-0.39, 0.29) is 10.8 Å². The van der Waals surface area contributed by atoms with E-state index in [0.29, 0.717) is 17.8 Å². The lowest BCUT2D eigenvalue weighted by atomic mass is 10.1. The fraction of sp³-hybridized carbons (Fsp3) is 0.238. The minimum atomic E-state index is -3.69. The molecule has 0 aliphatic heterocycles. The van der Waals surface area contributed by atoms with E-state index in [1.807, 2.05) is 30.3 Å². The molecule has 0 saturated carbocycles. The minimum Gasteiger partial charge on any atom is -0.322 e. The molecule has 2 N–H and O–H groups in total. The zero-order chi connectivity index (χ0) is 21.1. The molecule has 1 aromatic heterocycles. The molecule has 152 valence electrons. The molecule has 2 aromatic carbocycles. The van der Waals surface area contributed by atoms with Gasteiger partial charge < -0.3 is 5.32 Å². The van der Waals surface area contributed by atoms with E-state index in [1.165, 1.54) is 18.3 Å². The van der Waals surface area contributed by atoms with Gasteiger partial charge in [-0.15, -0.1) is 0 Å². The van der Waals surface area contributed by atoms with Crippen molar-refractivity contribution in [3.8, 4) is 0 Å². The number of aromatic nitrogens is 2. The molecule has 0 aliphatic rings. The van der Waals surface area contributed by atoms with Crippen LogP contribution in [0, 0.1) is 0 Å². The van der Waals surface area contributed by atoms with Gasteiger partial charge in [0.15, 0.2) is 0 Å². The highest BCUT2D eigenvalue weighted by Gasteiger charge is 2.22. The molecular weight excluding hydrogens is 388 g/mol. The fourth-order valence-electron chi connectivity index (χ4n) is 2.74. The third-order valence-electron chi connectivity index (χ3n) is 3.93. The number of sulfonamides is 1. The van der Waals surface area contributed by atoms with Crippen molar-refractivity contribution in [1.82, 2.24) is 14.5 Å². The van der Waals surface area contributed by atoms with Crippen LogP contribution < -0.4 is 10.0 Å². The van der Waals surface area contributed by atoms with Crippen LogP contribution in [-0.2, 0) is 16.6 Å². The second kappa shape index (κ2) is 8.18. The van der Waals surface area contributed by atoms with Crippen LogP contribution in [0.3, 0.4) is 0 Å². The number of rotatable bonds is 6. The number of hydrogen-bond acceptors (Lipinski definition) is 4. The number of carbonyl (C=O) groups is 1. The summed E-state index contributed by atoms with van der Waals surface area (Å²) in [7, 11) is -3.69. The predicted octanol–water partition coefficient (Wildman–Crippen LogP) is 3.26. The lowest BCUT2D eigenvalue weighted by Gasteiger charge is -2.20. The summed E-state index contributed by atoms with van der Waals surface area (Å²) in [6, 6.07) is 16.0. The highest BCUT2D eigenvalue weighted by Crippen LogP contribution is 2.18. The van der Waals surface area contributed by atoms with Crippen LogP contribution in [0.2, 0.25) is 0 Å². The first kappa shape index (κ1) is 20.8. The summed E-state index contributed by atoms with van der Waals surface area (Å²) < 4.78 is 29.3. The maximum Gasteiger partial charge on any atom is 0.258 e. The van der Waals surface area contributed by atoms with Crippen molar-refractivity contribution in [2.24, 2.45) is 0 Å². The van der Waals surface area contributed by atoms with Crippen LogP contribution in [0.25, 0.3) is 0 Å². The molecule has 0 unspecified atom stereocenters. The van der Waals surface area contributed by atoms with Crippen LogP contribution in [0.4, 0.5) is 5.69 Å². The van der Waals surface area contributed by atoms with Crippen LogP contribution in [0.15, 0.2) is 71.9 Å². The third-order valence-corrected chi connectivity index (χ3v) is 5.68. The predicted molar refractivity (Wildman–Crippen MR) is 112 cm³/mol. The SMILES string of the molecule is CC(C)(C)NS(=O)(=O)c1cccc(NC(=O)c2cnn(Cc3ccccc3)c2)c1. The molecule has 7 nitrogen and oxygen atoms in total. The summed E-state index contributed by atoms with van der Waals surface area (Å²) in [5.74, 6) is -0.359. The molecule has 3 aromatic rings. The Morgan fingerprint density at radius 3 is 2.48 bits per heavy atom. The maximum absolute atomic E-state index is 12.5. The molecule has 8 heteroatoms. The smallest absolute Gasteiger partial charge is 0.258 e. The zero-order valence-corrected chi connectivity index (χ0v) is 17.4. The Labute approximate surface area is 170 Å². The third kappa shape index (κ3) is 5.75. The van der Waals surface area contributed by atoms with Gasteiger partial charge in [0, 0.05) is 17.4 Å². The normalized spacial score (nSPS) is 12.0. The van der Waals surface area contributed by atoms with E-state index in [9.17, 15) is 13.2 Å². The molecule has 1 heterocycles. The van der Waals surface area contributed by atoms with Crippen molar-refractivity contribution in [2.45, 2.75) is 37.8 Å². The number of benzene rings is 2. The summed E-state index contributed by atoms with van der Waals surface area (Å²) >= 11 is 0. The number of nitrogens with zero attached hydrogens (tertiary/aromatic N) is 2. The van der Waals surface area contributed by atoms with E-state index >= 15 is 0 Å². The molecule has 0 aliphatic carbocycles. The summed E-state index contributed by atoms with van der Waals surface area (Å²) in [6.07, 6.45) is 3.14. The number of hydrogen-bond donors (Lipinski definition) is 2. The van der Waals surface area contributed by atoms with Gasteiger partial charge in [0.2, 0.25) is 10.0 Å². The first-order chi connectivity index (χ1) is 13.6. The van der Waals surface area contributed by atoms with Gasteiger partial charge in [-0.3, -0.25) is 9.48 Å². The Kier molecular flexibility index (Phi) is 5.86. The maximum atomic E-state index is 12.5. The van der Waals surface area contributed by atoms with E-state index in [4.69, 9.17) is 0 Å². The Bertz CT molecular complexity index is 1100. The summed E-state index contributed by atoms with van der Waals surface area (Å²) in [6.45, 7) is 5.86. The fourth-order valence-corrected chi connectivity index (χ4v) is 4.21. The van der Waals surface area contributed by atoms with Gasteiger partial charge in [0.1, 0.15) is 0 Å². The van der Waals surface area contributed by atoms with Crippen LogP contribution in [0.1, 0.15) is 36.7 Å². The van der Waals surface area contributed by atoms with Crippen molar-refractivity contribution >= 4 is 21.6 Å². The van der Waals surface area contributed by atoms with Crippen molar-refractivity contribution in [1.29, 1.82) is 0 Å². The largest absolute Gasteiger partial charge is 0.322 e. The van der Waals surface area contributed by atoms with Gasteiger partial charge in [-0.05, 0) is 44.5 Å². The summed E-state index contributed by atoms with van der Waals surface area (Å²) in [4.78, 5) is 12.6. The van der Waals surface area contributed by atoms with Gasteiger partial charge >= 0.3 is 0 Å². The van der Waals surface area contributed by atoms with E-state index in [0.717, 1.165) is 5.56 Å². The van der Waals surface area contributed by atoms with Crippen LogP contribution in [-0.4, -0.2) is 29.6 Å². The first-order valence-corrected chi connectivity index (χ1v) is 10.6. The lowest BCUT2D eigenvalue weighted by Crippen LogP contribution is -2.40. The van der Waals surface area contributed by atoms with Gasteiger partial charge in [-0.2, -0.15) is 5.10 Å². The molecule has 0 spiro atoms. The molecular formula is C21H24N4O3S. The second-order valence-electron chi connectivity index (χ2n) is 7.75. The van der Waals surface area contributed by atoms with Crippen LogP contribution >= 0.6 is 0 Å². The number of amides is 1. The molecule has 0 bridgehead atoms. The number of anilines is 1. The highest BCUT2D eigenvalue weighted by atomic mass is 32.2. The minimum absolute atomic E-state index is 0.0880. The first-order valence-electron chi connectivity index (χ1n) is 9.14. The zero-order valence-electron chi connectivity index (χ0n) is 16.6. The van der Waals surface area contributed by atoms with Crippen LogP contribution in [0.5, 0.6) is 0 Å². The molecule has 0 saturated heterocycles. The van der Waals surface area contributed by atoms with Gasteiger partial charge in [-0.1, -0.05) is 36.4 Å². The topological polar surface area (TPSA) is 93.1 Å². The lowest BCUT2D eigenvalue weighted by molar-refractivity contribution is 0.102. The van der Waals surface area contributed by atoms with Crippen molar-refractivity contribution in [2.75, 3.05) is 5.32 Å². The molecule has 0 fully saturated rings. The Morgan fingerprint density at radius 2 is 1.79 bits per heavy atom. The second-order valence-corrected chi connectivity index (χ2v) is 9.43. The van der Waals surface area contributed by atoms with Gasteiger partial charge in [0.25, 0.3) is 5.91 Å². The molecule has 29 heavy (non-hydrogen) atoms. The molecule has 3 rings (SSSR count). The molecule has 0 radical (unpaired) electrons. The average molecular weight is 413 g/mol. The Morgan fingerprint density at radius 1 is 1.07 bits per heavy atom. The average Bonchev–Trinajstić information content (AvgIpc) is 3.09. The highest BCUT2D eigenvalue weighted by molar-refractivity contribution is 7.89. The van der Waals surface area contributed by atoms with E-state index < -0.39 is 15.6 Å². The standard InChI is InChI=1S/C21H24N4O3S/c1-21(2,3)24-29(27,28)19-11-7-10-18(12-19)23-20(26)17-13-22-25(15-17)14-16-8-5-4-6-9-16/h4-13,15,24H,14H2,1-3H3,(H,23,26). The summed E-state index contributed by atoms with van der Waals surface area (Å²) in [5.41, 5.74) is 1.25. The van der Waals surface area contributed by atoms with E-state index in [2.05, 4.69) is 15.1 Å². The molecule has 0 atom stereocenters. The van der Waals surface area contributed by atoms with Gasteiger partial charge in [-0.25, -0.2) is 13.1 Å². The van der Waals surface area contributed by atoms with Gasteiger partial charge in [0.05, 0.1) is 23.2 Å². The van der Waals surface area contributed by atoms with E-state index in [1.54, 1.807) is 43.8 Å². The molecule has 1 amide bonds. The Balaban J connectivity index is 1.72. The Hall–Kier alpha value is -2.97. The van der Waals surface area contributed by atoms with Crippen molar-refractivity contribution < 1.29 is 13.2 Å². The van der Waals surface area contributed by atoms with Crippen molar-refractivity contribution in [3.05, 3.63) is 78.1 Å².